The van der Waals surface area contributed by atoms with Crippen molar-refractivity contribution in [2.45, 2.75) is 12.4 Å². The molecule has 10 heteroatoms. The van der Waals surface area contributed by atoms with Crippen molar-refractivity contribution in [2.24, 2.45) is 0 Å². The number of hydrogen-bond acceptors (Lipinski definition) is 5. The number of benzene rings is 2. The zero-order chi connectivity index (χ0) is 19.4. The Kier molecular flexibility index (Phi) is 9.35. The minimum Gasteiger partial charge on any atom is -0.508 e. The standard InChI is InChI=1S/C19H21F3N2O3.2ClH/c1-26-17-12-14(25)4-7-16(17)18(24-10-8-23-9-11-24)13-2-5-15(6-3-13)27-19(20,21)22;;/h2-7,12,18,23,25H,8-11H2,1H3;2*1H/t18-;;/m0../s1. The molecule has 2 aromatic carbocycles. The van der Waals surface area contributed by atoms with Gasteiger partial charge in [0.15, 0.2) is 0 Å². The second-order valence-corrected chi connectivity index (χ2v) is 6.23. The van der Waals surface area contributed by atoms with Gasteiger partial charge in [-0.25, -0.2) is 0 Å². The maximum Gasteiger partial charge on any atom is 0.573 e. The van der Waals surface area contributed by atoms with E-state index in [0.717, 1.165) is 37.3 Å². The molecule has 2 aromatic rings. The minimum atomic E-state index is -4.72. The molecule has 0 saturated carbocycles. The Hall–Kier alpha value is -1.87. The molecular weight excluding hydrogens is 432 g/mol. The summed E-state index contributed by atoms with van der Waals surface area (Å²) >= 11 is 0. The van der Waals surface area contributed by atoms with Gasteiger partial charge in [0.05, 0.1) is 13.2 Å². The van der Waals surface area contributed by atoms with Gasteiger partial charge in [-0.15, -0.1) is 38.0 Å². The van der Waals surface area contributed by atoms with Crippen molar-refractivity contribution in [1.29, 1.82) is 0 Å². The summed E-state index contributed by atoms with van der Waals surface area (Å²) in [5, 5.41) is 13.0. The summed E-state index contributed by atoms with van der Waals surface area (Å²) in [6.45, 7) is 3.17. The fourth-order valence-corrected chi connectivity index (χ4v) is 3.30. The third-order valence-corrected chi connectivity index (χ3v) is 4.46. The molecule has 5 nitrogen and oxygen atoms in total. The van der Waals surface area contributed by atoms with Crippen LogP contribution in [0.3, 0.4) is 0 Å². The van der Waals surface area contributed by atoms with Crippen LogP contribution in [0, 0.1) is 0 Å². The molecule has 3 rings (SSSR count). The van der Waals surface area contributed by atoms with Crippen LogP contribution in [0.4, 0.5) is 13.2 Å². The van der Waals surface area contributed by atoms with Crippen LogP contribution in [0.25, 0.3) is 0 Å². The van der Waals surface area contributed by atoms with Gasteiger partial charge in [0.1, 0.15) is 17.2 Å². The van der Waals surface area contributed by atoms with E-state index in [1.165, 1.54) is 25.3 Å². The zero-order valence-electron chi connectivity index (χ0n) is 15.6. The maximum atomic E-state index is 12.4. The summed E-state index contributed by atoms with van der Waals surface area (Å²) in [5.41, 5.74) is 1.65. The van der Waals surface area contributed by atoms with Gasteiger partial charge in [0.2, 0.25) is 0 Å². The Labute approximate surface area is 179 Å². The van der Waals surface area contributed by atoms with Crippen LogP contribution < -0.4 is 14.8 Å². The highest BCUT2D eigenvalue weighted by atomic mass is 35.5. The lowest BCUT2D eigenvalue weighted by Crippen LogP contribution is -2.45. The molecule has 1 fully saturated rings. The van der Waals surface area contributed by atoms with Gasteiger partial charge < -0.3 is 19.9 Å². The second kappa shape index (κ2) is 10.8. The highest BCUT2D eigenvalue weighted by molar-refractivity contribution is 5.85. The Balaban J connectivity index is 0.00000210. The van der Waals surface area contributed by atoms with Gasteiger partial charge in [0, 0.05) is 37.8 Å². The highest BCUT2D eigenvalue weighted by Crippen LogP contribution is 2.37. The van der Waals surface area contributed by atoms with Crippen LogP contribution >= 0.6 is 24.8 Å². The van der Waals surface area contributed by atoms with E-state index in [0.29, 0.717) is 5.75 Å². The first-order valence-corrected chi connectivity index (χ1v) is 8.55. The average molecular weight is 455 g/mol. The van der Waals surface area contributed by atoms with Crippen LogP contribution in [-0.4, -0.2) is 49.7 Å². The molecule has 1 aliphatic heterocycles. The molecule has 1 heterocycles. The fraction of sp³-hybridized carbons (Fsp3) is 0.368. The van der Waals surface area contributed by atoms with Crippen LogP contribution in [0.15, 0.2) is 42.5 Å². The van der Waals surface area contributed by atoms with Crippen molar-refractivity contribution >= 4 is 24.8 Å². The third-order valence-electron chi connectivity index (χ3n) is 4.46. The van der Waals surface area contributed by atoms with E-state index < -0.39 is 6.36 Å². The Morgan fingerprint density at radius 2 is 1.66 bits per heavy atom. The number of phenols is 1. The first-order valence-electron chi connectivity index (χ1n) is 8.55. The summed E-state index contributed by atoms with van der Waals surface area (Å²) in [6, 6.07) is 10.5. The largest absolute Gasteiger partial charge is 0.573 e. The number of phenolic OH excluding ortho intramolecular Hbond substituents is 1. The number of halogens is 5. The summed E-state index contributed by atoms with van der Waals surface area (Å²) in [4.78, 5) is 2.23. The Bertz CT molecular complexity index is 770. The van der Waals surface area contributed by atoms with Crippen LogP contribution in [0.5, 0.6) is 17.2 Å². The first kappa shape index (κ1) is 25.2. The summed E-state index contributed by atoms with van der Waals surface area (Å²) < 4.78 is 46.6. The number of aromatic hydroxyl groups is 1. The Morgan fingerprint density at radius 1 is 1.03 bits per heavy atom. The normalized spacial score (nSPS) is 15.6. The van der Waals surface area contributed by atoms with Gasteiger partial charge in [-0.2, -0.15) is 0 Å². The molecule has 0 spiro atoms. The number of nitrogens with one attached hydrogen (secondary N) is 1. The third kappa shape index (κ3) is 6.57. The van der Waals surface area contributed by atoms with E-state index >= 15 is 0 Å². The van der Waals surface area contributed by atoms with Gasteiger partial charge in [-0.1, -0.05) is 12.1 Å². The van der Waals surface area contributed by atoms with E-state index in [1.807, 2.05) is 0 Å². The number of piperazine rings is 1. The summed E-state index contributed by atoms with van der Waals surface area (Å²) in [6.07, 6.45) is -4.72. The van der Waals surface area contributed by atoms with E-state index in [9.17, 15) is 18.3 Å². The van der Waals surface area contributed by atoms with E-state index in [1.54, 1.807) is 24.3 Å². The van der Waals surface area contributed by atoms with Crippen molar-refractivity contribution in [1.82, 2.24) is 10.2 Å². The summed E-state index contributed by atoms with van der Waals surface area (Å²) in [7, 11) is 1.52. The van der Waals surface area contributed by atoms with Gasteiger partial charge in [-0.05, 0) is 29.8 Å². The smallest absolute Gasteiger partial charge is 0.508 e. The fourth-order valence-electron chi connectivity index (χ4n) is 3.30. The topological polar surface area (TPSA) is 54.0 Å². The molecule has 29 heavy (non-hydrogen) atoms. The second-order valence-electron chi connectivity index (χ2n) is 6.23. The number of ether oxygens (including phenoxy) is 2. The van der Waals surface area contributed by atoms with E-state index in [2.05, 4.69) is 15.0 Å². The lowest BCUT2D eigenvalue weighted by Gasteiger charge is -2.36. The monoisotopic (exact) mass is 454 g/mol. The molecule has 1 aliphatic rings. The molecule has 0 aromatic heterocycles. The Morgan fingerprint density at radius 3 is 2.21 bits per heavy atom. The highest BCUT2D eigenvalue weighted by Gasteiger charge is 2.31. The van der Waals surface area contributed by atoms with Gasteiger partial charge >= 0.3 is 6.36 Å². The molecule has 0 bridgehead atoms. The molecule has 1 saturated heterocycles. The molecule has 0 aliphatic carbocycles. The van der Waals surface area contributed by atoms with Crippen molar-refractivity contribution < 1.29 is 27.8 Å². The van der Waals surface area contributed by atoms with Crippen LogP contribution in [0.1, 0.15) is 17.2 Å². The minimum absolute atomic E-state index is 0. The van der Waals surface area contributed by atoms with Crippen molar-refractivity contribution in [3.8, 4) is 17.2 Å². The first-order chi connectivity index (χ1) is 12.9. The summed E-state index contributed by atoms with van der Waals surface area (Å²) in [5.74, 6) is 0.348. The lowest BCUT2D eigenvalue weighted by atomic mass is 9.95. The number of methoxy groups -OCH3 is 1. The van der Waals surface area contributed by atoms with Crippen molar-refractivity contribution in [3.63, 3.8) is 0 Å². The SMILES string of the molecule is COc1cc(O)ccc1[C@H](c1ccc(OC(F)(F)F)cc1)N1CCNCC1.Cl.Cl. The van der Waals surface area contributed by atoms with Gasteiger partial charge in [-0.3, -0.25) is 4.90 Å². The molecule has 1 atom stereocenters. The molecular formula is C19H23Cl2F3N2O3. The number of rotatable bonds is 5. The molecule has 0 radical (unpaired) electrons. The molecule has 0 amide bonds. The molecule has 0 unspecified atom stereocenters. The van der Waals surface area contributed by atoms with Gasteiger partial charge in [0.25, 0.3) is 0 Å². The van der Waals surface area contributed by atoms with Crippen LogP contribution in [0.2, 0.25) is 0 Å². The predicted molar refractivity (Wildman–Crippen MR) is 109 cm³/mol. The molecule has 2 N–H and O–H groups in total. The number of alkyl halides is 3. The number of nitrogens with zero attached hydrogens (tertiary/aromatic N) is 1. The van der Waals surface area contributed by atoms with Crippen molar-refractivity contribution in [3.05, 3.63) is 53.6 Å². The van der Waals surface area contributed by atoms with Crippen molar-refractivity contribution in [2.75, 3.05) is 33.3 Å². The zero-order valence-corrected chi connectivity index (χ0v) is 17.2. The maximum absolute atomic E-state index is 12.4. The average Bonchev–Trinajstić information content (AvgIpc) is 2.64. The number of hydrogen-bond donors (Lipinski definition) is 2. The lowest BCUT2D eigenvalue weighted by molar-refractivity contribution is -0.274. The quantitative estimate of drug-likeness (QED) is 0.710. The van der Waals surface area contributed by atoms with Crippen LogP contribution in [-0.2, 0) is 0 Å². The van der Waals surface area contributed by atoms with E-state index in [-0.39, 0.29) is 42.4 Å². The predicted octanol–water partition coefficient (Wildman–Crippen LogP) is 4.14. The van der Waals surface area contributed by atoms with E-state index in [4.69, 9.17) is 4.74 Å². The molecule has 162 valence electrons.